The van der Waals surface area contributed by atoms with Crippen LogP contribution < -0.4 is 16.0 Å². The molecule has 1 aliphatic heterocycles. The summed E-state index contributed by atoms with van der Waals surface area (Å²) in [5, 5.41) is 3.24. The van der Waals surface area contributed by atoms with E-state index in [-0.39, 0.29) is 23.9 Å². The number of nitrogens with one attached hydrogen (secondary N) is 1. The van der Waals surface area contributed by atoms with Crippen molar-refractivity contribution in [3.8, 4) is 0 Å². The minimum absolute atomic E-state index is 0.112. The normalized spacial score (nSPS) is 28.6. The molecule has 3 unspecified atom stereocenters. The van der Waals surface area contributed by atoms with E-state index in [2.05, 4.69) is 44.3 Å². The second kappa shape index (κ2) is 7.01. The highest BCUT2D eigenvalue weighted by molar-refractivity contribution is 9.10. The Kier molecular flexibility index (Phi) is 5.03. The van der Waals surface area contributed by atoms with Crippen molar-refractivity contribution in [3.05, 3.63) is 28.7 Å². The van der Waals surface area contributed by atoms with Gasteiger partial charge >= 0.3 is 0 Å². The third-order valence-electron chi connectivity index (χ3n) is 4.81. The van der Waals surface area contributed by atoms with Crippen LogP contribution in [0.25, 0.3) is 0 Å². The number of hydrogen-bond acceptors (Lipinski definition) is 3. The Morgan fingerprint density at radius 2 is 2.09 bits per heavy atom. The zero-order valence-electron chi connectivity index (χ0n) is 12.8. The Hall–Kier alpha value is -1.07. The maximum atomic E-state index is 12.4. The van der Waals surface area contributed by atoms with Crippen LogP contribution >= 0.6 is 15.9 Å². The summed E-state index contributed by atoms with van der Waals surface area (Å²) in [6, 6.07) is 8.70. The Morgan fingerprint density at radius 3 is 2.86 bits per heavy atom. The van der Waals surface area contributed by atoms with Gasteiger partial charge in [-0.3, -0.25) is 4.79 Å². The molecule has 0 aromatic heterocycles. The van der Waals surface area contributed by atoms with E-state index in [1.807, 2.05) is 6.07 Å². The van der Waals surface area contributed by atoms with E-state index < -0.39 is 0 Å². The number of para-hydroxylation sites is 1. The lowest BCUT2D eigenvalue weighted by atomic mass is 9.85. The summed E-state index contributed by atoms with van der Waals surface area (Å²) in [7, 11) is 0. The summed E-state index contributed by atoms with van der Waals surface area (Å²) in [6.45, 7) is 1.87. The molecule has 0 radical (unpaired) electrons. The van der Waals surface area contributed by atoms with Crippen LogP contribution in [0, 0.1) is 5.92 Å². The molecule has 1 saturated heterocycles. The molecule has 3 atom stereocenters. The molecule has 22 heavy (non-hydrogen) atoms. The first-order valence-corrected chi connectivity index (χ1v) is 8.98. The van der Waals surface area contributed by atoms with Crippen LogP contribution in [0.2, 0.25) is 0 Å². The van der Waals surface area contributed by atoms with Gasteiger partial charge in [0.2, 0.25) is 5.91 Å². The number of nitrogens with zero attached hydrogens (tertiary/aromatic N) is 1. The minimum atomic E-state index is 0.112. The summed E-state index contributed by atoms with van der Waals surface area (Å²) in [4.78, 5) is 14.8. The molecular formula is C17H24BrN3O. The Bertz CT molecular complexity index is 536. The van der Waals surface area contributed by atoms with Crippen molar-refractivity contribution in [3.63, 3.8) is 0 Å². The maximum Gasteiger partial charge on any atom is 0.223 e. The molecule has 1 aromatic carbocycles. The lowest BCUT2D eigenvalue weighted by Gasteiger charge is -2.27. The number of benzene rings is 1. The van der Waals surface area contributed by atoms with E-state index in [0.29, 0.717) is 0 Å². The smallest absolute Gasteiger partial charge is 0.223 e. The number of halogens is 1. The summed E-state index contributed by atoms with van der Waals surface area (Å²) in [5.74, 6) is 0.315. The average molecular weight is 366 g/mol. The van der Waals surface area contributed by atoms with Crippen molar-refractivity contribution >= 4 is 27.5 Å². The van der Waals surface area contributed by atoms with Crippen LogP contribution in [-0.2, 0) is 4.79 Å². The van der Waals surface area contributed by atoms with Crippen LogP contribution in [0.15, 0.2) is 28.7 Å². The molecule has 4 nitrogen and oxygen atoms in total. The van der Waals surface area contributed by atoms with Gasteiger partial charge in [0, 0.05) is 35.6 Å². The molecule has 1 amide bonds. The van der Waals surface area contributed by atoms with Crippen LogP contribution in [0.5, 0.6) is 0 Å². The molecule has 1 aliphatic carbocycles. The number of nitrogens with two attached hydrogens (primary N) is 1. The van der Waals surface area contributed by atoms with E-state index >= 15 is 0 Å². The molecule has 2 fully saturated rings. The highest BCUT2D eigenvalue weighted by Crippen LogP contribution is 2.29. The van der Waals surface area contributed by atoms with Gasteiger partial charge in [-0.05, 0) is 53.7 Å². The highest BCUT2D eigenvalue weighted by atomic mass is 79.9. The van der Waals surface area contributed by atoms with Crippen LogP contribution in [0.1, 0.15) is 32.1 Å². The summed E-state index contributed by atoms with van der Waals surface area (Å²) >= 11 is 3.60. The second-order valence-electron chi connectivity index (χ2n) is 6.52. The zero-order chi connectivity index (χ0) is 15.5. The number of hydrogen-bond donors (Lipinski definition) is 2. The molecule has 120 valence electrons. The lowest BCUT2D eigenvalue weighted by molar-refractivity contribution is -0.126. The number of rotatable bonds is 3. The highest BCUT2D eigenvalue weighted by Gasteiger charge is 2.30. The molecule has 0 bridgehead atoms. The number of carbonyl (C=O) groups excluding carboxylic acids is 1. The largest absolute Gasteiger partial charge is 0.368 e. The van der Waals surface area contributed by atoms with Crippen LogP contribution in [0.4, 0.5) is 5.69 Å². The lowest BCUT2D eigenvalue weighted by Crippen LogP contribution is -2.43. The molecule has 3 rings (SSSR count). The fourth-order valence-electron chi connectivity index (χ4n) is 3.59. The van der Waals surface area contributed by atoms with Gasteiger partial charge in [0.1, 0.15) is 0 Å². The van der Waals surface area contributed by atoms with Crippen LogP contribution in [-0.4, -0.2) is 31.1 Å². The summed E-state index contributed by atoms with van der Waals surface area (Å²) in [5.41, 5.74) is 7.20. The fourth-order valence-corrected chi connectivity index (χ4v) is 4.13. The van der Waals surface area contributed by atoms with Gasteiger partial charge in [-0.1, -0.05) is 18.6 Å². The predicted molar refractivity (Wildman–Crippen MR) is 92.8 cm³/mol. The molecule has 1 aromatic rings. The van der Waals surface area contributed by atoms with E-state index in [1.165, 1.54) is 5.69 Å². The van der Waals surface area contributed by atoms with Crippen molar-refractivity contribution in [1.29, 1.82) is 0 Å². The van der Waals surface area contributed by atoms with Crippen molar-refractivity contribution in [2.75, 3.05) is 18.0 Å². The van der Waals surface area contributed by atoms with Crippen molar-refractivity contribution < 1.29 is 4.79 Å². The SMILES string of the molecule is NC1CCCC(C(=O)NC2CCN(c3ccccc3Br)C2)C1. The minimum Gasteiger partial charge on any atom is -0.368 e. The maximum absolute atomic E-state index is 12.4. The molecule has 3 N–H and O–H groups in total. The van der Waals surface area contributed by atoms with Gasteiger partial charge < -0.3 is 16.0 Å². The molecule has 1 heterocycles. The van der Waals surface area contributed by atoms with Gasteiger partial charge in [-0.2, -0.15) is 0 Å². The van der Waals surface area contributed by atoms with E-state index in [0.717, 1.165) is 49.7 Å². The summed E-state index contributed by atoms with van der Waals surface area (Å²) < 4.78 is 1.11. The van der Waals surface area contributed by atoms with E-state index in [1.54, 1.807) is 0 Å². The number of anilines is 1. The van der Waals surface area contributed by atoms with Gasteiger partial charge in [0.15, 0.2) is 0 Å². The zero-order valence-corrected chi connectivity index (χ0v) is 14.4. The fraction of sp³-hybridized carbons (Fsp3) is 0.588. The first-order chi connectivity index (χ1) is 10.6. The first-order valence-electron chi connectivity index (χ1n) is 8.19. The number of carbonyl (C=O) groups is 1. The molecule has 0 spiro atoms. The standard InChI is InChI=1S/C17H24BrN3O/c18-15-6-1-2-7-16(15)21-9-8-14(11-21)20-17(22)12-4-3-5-13(19)10-12/h1-2,6-7,12-14H,3-5,8-11,19H2,(H,20,22). The number of amides is 1. The third kappa shape index (κ3) is 3.63. The second-order valence-corrected chi connectivity index (χ2v) is 7.37. The first kappa shape index (κ1) is 15.8. The topological polar surface area (TPSA) is 58.4 Å². The quantitative estimate of drug-likeness (QED) is 0.865. The van der Waals surface area contributed by atoms with Crippen molar-refractivity contribution in [1.82, 2.24) is 5.32 Å². The van der Waals surface area contributed by atoms with E-state index in [9.17, 15) is 4.79 Å². The van der Waals surface area contributed by atoms with Crippen molar-refractivity contribution in [2.45, 2.75) is 44.2 Å². The Balaban J connectivity index is 1.55. The average Bonchev–Trinajstić information content (AvgIpc) is 2.96. The van der Waals surface area contributed by atoms with Gasteiger partial charge in [0.05, 0.1) is 5.69 Å². The molecule has 1 saturated carbocycles. The van der Waals surface area contributed by atoms with Gasteiger partial charge in [0.25, 0.3) is 0 Å². The monoisotopic (exact) mass is 365 g/mol. The predicted octanol–water partition coefficient (Wildman–Crippen LogP) is 2.66. The Labute approximate surface area is 140 Å². The summed E-state index contributed by atoms with van der Waals surface area (Å²) in [6.07, 6.45) is 4.97. The molecular weight excluding hydrogens is 342 g/mol. The third-order valence-corrected chi connectivity index (χ3v) is 5.48. The van der Waals surface area contributed by atoms with Gasteiger partial charge in [-0.25, -0.2) is 0 Å². The van der Waals surface area contributed by atoms with E-state index in [4.69, 9.17) is 5.73 Å². The molecule has 2 aliphatic rings. The Morgan fingerprint density at radius 1 is 1.27 bits per heavy atom. The van der Waals surface area contributed by atoms with Gasteiger partial charge in [-0.15, -0.1) is 0 Å². The van der Waals surface area contributed by atoms with Crippen LogP contribution in [0.3, 0.4) is 0 Å². The molecule has 5 heteroatoms. The van der Waals surface area contributed by atoms with Crippen molar-refractivity contribution in [2.24, 2.45) is 11.7 Å².